The Bertz CT molecular complexity index is 666. The third-order valence-electron chi connectivity index (χ3n) is 2.69. The van der Waals surface area contributed by atoms with Crippen molar-refractivity contribution >= 4 is 23.5 Å². The monoisotopic (exact) mass is 308 g/mol. The number of carbonyl (C=O) groups excluding carboxylic acids is 1. The number of phenols is 2. The van der Waals surface area contributed by atoms with Crippen molar-refractivity contribution in [3.8, 4) is 11.5 Å². The summed E-state index contributed by atoms with van der Waals surface area (Å²) in [5.41, 5.74) is 6.39. The van der Waals surface area contributed by atoms with E-state index in [2.05, 4.69) is 15.3 Å². The van der Waals surface area contributed by atoms with Gasteiger partial charge in [0.15, 0.2) is 11.5 Å². The standard InChI is InChI=1S/C13H13ClN4O3/c14-11-3-4-16-13(17-11)18-12(21)8(15)5-7-1-2-9(19)10(20)6-7/h1-4,6,8,19-20H,5,15H2,(H,16,17,18,21)/t8-/m0/s1. The number of anilines is 1. The molecule has 0 bridgehead atoms. The average molecular weight is 309 g/mol. The number of aromatic hydroxyl groups is 2. The first kappa shape index (κ1) is 15.0. The molecule has 0 saturated carbocycles. The quantitative estimate of drug-likeness (QED) is 0.495. The van der Waals surface area contributed by atoms with Crippen LogP contribution in [0.5, 0.6) is 11.5 Å². The Kier molecular flexibility index (Phi) is 4.56. The number of nitrogens with two attached hydrogens (primary N) is 1. The molecular formula is C13H13ClN4O3. The van der Waals surface area contributed by atoms with E-state index in [0.717, 1.165) is 0 Å². The second kappa shape index (κ2) is 6.38. The number of aromatic nitrogens is 2. The second-order valence-electron chi connectivity index (χ2n) is 4.33. The van der Waals surface area contributed by atoms with Gasteiger partial charge >= 0.3 is 0 Å². The Labute approximate surface area is 125 Å². The van der Waals surface area contributed by atoms with Crippen molar-refractivity contribution < 1.29 is 15.0 Å². The Balaban J connectivity index is 2.00. The van der Waals surface area contributed by atoms with Crippen LogP contribution in [0.4, 0.5) is 5.95 Å². The van der Waals surface area contributed by atoms with E-state index in [1.165, 1.54) is 24.4 Å². The van der Waals surface area contributed by atoms with Gasteiger partial charge in [0, 0.05) is 6.20 Å². The number of hydrogen-bond acceptors (Lipinski definition) is 6. The van der Waals surface area contributed by atoms with Gasteiger partial charge < -0.3 is 15.9 Å². The summed E-state index contributed by atoms with van der Waals surface area (Å²) in [4.78, 5) is 19.6. The van der Waals surface area contributed by atoms with Gasteiger partial charge in [-0.05, 0) is 30.2 Å². The van der Waals surface area contributed by atoms with E-state index in [1.54, 1.807) is 6.07 Å². The van der Waals surface area contributed by atoms with E-state index in [0.29, 0.717) is 5.56 Å². The van der Waals surface area contributed by atoms with Crippen LogP contribution in [0, 0.1) is 0 Å². The number of hydrogen-bond donors (Lipinski definition) is 4. The molecule has 1 heterocycles. The summed E-state index contributed by atoms with van der Waals surface area (Å²) < 4.78 is 0. The lowest BCUT2D eigenvalue weighted by Crippen LogP contribution is -2.37. The molecule has 1 amide bonds. The lowest BCUT2D eigenvalue weighted by Gasteiger charge is -2.12. The first-order valence-electron chi connectivity index (χ1n) is 6.01. The van der Waals surface area contributed by atoms with E-state index >= 15 is 0 Å². The maximum absolute atomic E-state index is 11.9. The maximum atomic E-state index is 11.9. The summed E-state index contributed by atoms with van der Waals surface area (Å²) in [6.45, 7) is 0. The average Bonchev–Trinajstić information content (AvgIpc) is 2.43. The number of nitrogens with zero attached hydrogens (tertiary/aromatic N) is 2. The molecule has 2 aromatic rings. The van der Waals surface area contributed by atoms with Crippen LogP contribution in [0.15, 0.2) is 30.5 Å². The van der Waals surface area contributed by atoms with Crippen molar-refractivity contribution in [2.75, 3.05) is 5.32 Å². The van der Waals surface area contributed by atoms with E-state index in [1.807, 2.05) is 0 Å². The minimum atomic E-state index is -0.864. The summed E-state index contributed by atoms with van der Waals surface area (Å²) in [6, 6.07) is 4.86. The molecule has 0 aliphatic rings. The molecule has 2 rings (SSSR count). The first-order chi connectivity index (χ1) is 9.95. The summed E-state index contributed by atoms with van der Waals surface area (Å²) >= 11 is 5.68. The minimum absolute atomic E-state index is 0.0662. The molecule has 1 aromatic heterocycles. The summed E-state index contributed by atoms with van der Waals surface area (Å²) in [5, 5.41) is 21.3. The molecular weight excluding hydrogens is 296 g/mol. The topological polar surface area (TPSA) is 121 Å². The number of amides is 1. The van der Waals surface area contributed by atoms with Crippen LogP contribution in [-0.2, 0) is 11.2 Å². The van der Waals surface area contributed by atoms with Crippen LogP contribution in [0.2, 0.25) is 5.15 Å². The number of nitrogens with one attached hydrogen (secondary N) is 1. The lowest BCUT2D eigenvalue weighted by atomic mass is 10.1. The molecule has 0 spiro atoms. The predicted octanol–water partition coefficient (Wildman–Crippen LogP) is 1.05. The van der Waals surface area contributed by atoms with Crippen molar-refractivity contribution in [3.63, 3.8) is 0 Å². The van der Waals surface area contributed by atoms with Crippen molar-refractivity contribution in [3.05, 3.63) is 41.2 Å². The number of halogens is 1. The Hall–Kier alpha value is -2.38. The van der Waals surface area contributed by atoms with Gasteiger partial charge in [0.1, 0.15) is 5.15 Å². The zero-order valence-electron chi connectivity index (χ0n) is 10.8. The van der Waals surface area contributed by atoms with Gasteiger partial charge in [-0.25, -0.2) is 9.97 Å². The number of benzene rings is 1. The van der Waals surface area contributed by atoms with Gasteiger partial charge in [-0.15, -0.1) is 0 Å². The predicted molar refractivity (Wildman–Crippen MR) is 77.1 cm³/mol. The summed E-state index contributed by atoms with van der Waals surface area (Å²) in [7, 11) is 0. The molecule has 1 atom stereocenters. The van der Waals surface area contributed by atoms with Gasteiger partial charge in [0.05, 0.1) is 6.04 Å². The molecule has 0 unspecified atom stereocenters. The van der Waals surface area contributed by atoms with Crippen LogP contribution in [0.1, 0.15) is 5.56 Å². The maximum Gasteiger partial charge on any atom is 0.243 e. The van der Waals surface area contributed by atoms with Crippen LogP contribution in [0.3, 0.4) is 0 Å². The molecule has 1 aromatic carbocycles. The molecule has 0 aliphatic carbocycles. The minimum Gasteiger partial charge on any atom is -0.504 e. The second-order valence-corrected chi connectivity index (χ2v) is 4.71. The number of carbonyl (C=O) groups is 1. The van der Waals surface area contributed by atoms with E-state index < -0.39 is 11.9 Å². The van der Waals surface area contributed by atoms with Crippen molar-refractivity contribution in [2.24, 2.45) is 5.73 Å². The number of phenolic OH excluding ortho intramolecular Hbond substituents is 2. The lowest BCUT2D eigenvalue weighted by molar-refractivity contribution is -0.117. The Morgan fingerprint density at radius 1 is 1.33 bits per heavy atom. The zero-order chi connectivity index (χ0) is 15.4. The summed E-state index contributed by atoms with van der Waals surface area (Å²) in [5.74, 6) is -0.913. The van der Waals surface area contributed by atoms with Gasteiger partial charge in [-0.3, -0.25) is 10.1 Å². The molecule has 0 saturated heterocycles. The molecule has 8 heteroatoms. The smallest absolute Gasteiger partial charge is 0.243 e. The SMILES string of the molecule is N[C@@H](Cc1ccc(O)c(O)c1)C(=O)Nc1nccc(Cl)n1. The van der Waals surface area contributed by atoms with Crippen LogP contribution < -0.4 is 11.1 Å². The fourth-order valence-electron chi connectivity index (χ4n) is 1.64. The van der Waals surface area contributed by atoms with Gasteiger partial charge in [-0.1, -0.05) is 17.7 Å². The zero-order valence-corrected chi connectivity index (χ0v) is 11.6. The number of rotatable bonds is 4. The van der Waals surface area contributed by atoms with E-state index in [9.17, 15) is 15.0 Å². The Morgan fingerprint density at radius 3 is 2.76 bits per heavy atom. The van der Waals surface area contributed by atoms with Crippen molar-refractivity contribution in [1.29, 1.82) is 0 Å². The van der Waals surface area contributed by atoms with Crippen LogP contribution in [0.25, 0.3) is 0 Å². The third-order valence-corrected chi connectivity index (χ3v) is 2.90. The highest BCUT2D eigenvalue weighted by Gasteiger charge is 2.16. The fraction of sp³-hybridized carbons (Fsp3) is 0.154. The highest BCUT2D eigenvalue weighted by Crippen LogP contribution is 2.25. The molecule has 110 valence electrons. The molecule has 21 heavy (non-hydrogen) atoms. The van der Waals surface area contributed by atoms with E-state index in [4.69, 9.17) is 17.3 Å². The van der Waals surface area contributed by atoms with Gasteiger partial charge in [0.2, 0.25) is 11.9 Å². The van der Waals surface area contributed by atoms with E-state index in [-0.39, 0.29) is 29.0 Å². The fourth-order valence-corrected chi connectivity index (χ4v) is 1.78. The highest BCUT2D eigenvalue weighted by molar-refractivity contribution is 6.29. The largest absolute Gasteiger partial charge is 0.504 e. The molecule has 0 fully saturated rings. The van der Waals surface area contributed by atoms with Gasteiger partial charge in [-0.2, -0.15) is 0 Å². The van der Waals surface area contributed by atoms with Crippen LogP contribution in [-0.4, -0.2) is 32.1 Å². The molecule has 5 N–H and O–H groups in total. The van der Waals surface area contributed by atoms with Crippen molar-refractivity contribution in [2.45, 2.75) is 12.5 Å². The molecule has 0 radical (unpaired) electrons. The highest BCUT2D eigenvalue weighted by atomic mass is 35.5. The summed E-state index contributed by atoms with van der Waals surface area (Å²) in [6.07, 6.45) is 1.59. The van der Waals surface area contributed by atoms with Crippen molar-refractivity contribution in [1.82, 2.24) is 9.97 Å². The molecule has 0 aliphatic heterocycles. The third kappa shape index (κ3) is 4.04. The normalized spacial score (nSPS) is 11.9. The van der Waals surface area contributed by atoms with Crippen LogP contribution >= 0.6 is 11.6 Å². The van der Waals surface area contributed by atoms with Gasteiger partial charge in [0.25, 0.3) is 0 Å². The first-order valence-corrected chi connectivity index (χ1v) is 6.39. The molecule has 7 nitrogen and oxygen atoms in total. The Morgan fingerprint density at radius 2 is 2.10 bits per heavy atom.